The molecule has 1 aromatic heterocycles. The van der Waals surface area contributed by atoms with Crippen molar-refractivity contribution in [3.05, 3.63) is 46.8 Å². The Morgan fingerprint density at radius 3 is 2.26 bits per heavy atom. The van der Waals surface area contributed by atoms with E-state index in [1.165, 1.54) is 31.2 Å². The quantitative estimate of drug-likeness (QED) is 0.372. The monoisotopic (exact) mass is 480 g/mol. The van der Waals surface area contributed by atoms with Crippen molar-refractivity contribution in [1.82, 2.24) is 4.98 Å². The molecule has 0 N–H and O–H groups in total. The van der Waals surface area contributed by atoms with Gasteiger partial charge in [0, 0.05) is 23.9 Å². The van der Waals surface area contributed by atoms with Crippen molar-refractivity contribution >= 4 is 11.7 Å². The summed E-state index contributed by atoms with van der Waals surface area (Å²) in [5.74, 6) is 0.232. The van der Waals surface area contributed by atoms with Crippen LogP contribution in [0.5, 0.6) is 17.2 Å². The van der Waals surface area contributed by atoms with Crippen LogP contribution in [-0.4, -0.2) is 29.1 Å². The highest BCUT2D eigenvalue weighted by Crippen LogP contribution is 2.30. The number of carbonyl (C=O) groups is 1. The Balaban J connectivity index is 1.53. The van der Waals surface area contributed by atoms with E-state index in [-0.39, 0.29) is 18.5 Å². The third-order valence-electron chi connectivity index (χ3n) is 5.45. The molecular weight excluding hydrogens is 453 g/mol. The van der Waals surface area contributed by atoms with Gasteiger partial charge in [-0.05, 0) is 70.7 Å². The van der Waals surface area contributed by atoms with Crippen LogP contribution in [0.15, 0.2) is 29.4 Å². The smallest absolute Gasteiger partial charge is 0.490 e. The van der Waals surface area contributed by atoms with Crippen molar-refractivity contribution in [3.63, 3.8) is 0 Å². The molecule has 1 saturated carbocycles. The summed E-state index contributed by atoms with van der Waals surface area (Å²) in [5.41, 5.74) is 3.84. The molecule has 10 heteroatoms. The molecule has 0 atom stereocenters. The molecule has 1 heterocycles. The average molecular weight is 480 g/mol. The molecule has 0 saturated heterocycles. The zero-order chi connectivity index (χ0) is 24.9. The highest BCUT2D eigenvalue weighted by Gasteiger charge is 2.31. The van der Waals surface area contributed by atoms with Crippen LogP contribution in [-0.2, 0) is 16.2 Å². The number of hydrogen-bond acceptors (Lipinski definition) is 7. The van der Waals surface area contributed by atoms with Gasteiger partial charge in [-0.3, -0.25) is 9.78 Å². The highest BCUT2D eigenvalue weighted by atomic mass is 19.4. The van der Waals surface area contributed by atoms with E-state index in [0.717, 1.165) is 17.0 Å². The van der Waals surface area contributed by atoms with Gasteiger partial charge in [0.2, 0.25) is 0 Å². The Morgan fingerprint density at radius 1 is 1.06 bits per heavy atom. The van der Waals surface area contributed by atoms with E-state index in [1.807, 2.05) is 20.8 Å². The number of esters is 1. The van der Waals surface area contributed by atoms with E-state index in [1.54, 1.807) is 0 Å². The Morgan fingerprint density at radius 2 is 1.68 bits per heavy atom. The third kappa shape index (κ3) is 7.10. The van der Waals surface area contributed by atoms with Crippen molar-refractivity contribution in [2.45, 2.75) is 72.5 Å². The lowest BCUT2D eigenvalue weighted by atomic mass is 9.96. The van der Waals surface area contributed by atoms with Gasteiger partial charge >= 0.3 is 12.3 Å². The topological polar surface area (TPSA) is 79.2 Å². The SMILES string of the molecule is CC(=O)Oc1c(C)c(C)nc(C)c1CON=C1CCC(Oc2ccc(OC(F)(F)F)cc2)CC1. The van der Waals surface area contributed by atoms with Crippen LogP contribution >= 0.6 is 0 Å². The number of hydrogen-bond donors (Lipinski definition) is 0. The van der Waals surface area contributed by atoms with Crippen LogP contribution in [0.1, 0.15) is 55.1 Å². The fourth-order valence-electron chi connectivity index (χ4n) is 3.64. The summed E-state index contributed by atoms with van der Waals surface area (Å²) < 4.78 is 51.9. The van der Waals surface area contributed by atoms with Crippen molar-refractivity contribution < 1.29 is 37.0 Å². The van der Waals surface area contributed by atoms with E-state index in [4.69, 9.17) is 14.3 Å². The van der Waals surface area contributed by atoms with Crippen LogP contribution in [0.4, 0.5) is 13.2 Å². The van der Waals surface area contributed by atoms with Gasteiger partial charge in [-0.2, -0.15) is 0 Å². The predicted octanol–water partition coefficient (Wildman–Crippen LogP) is 5.72. The molecule has 7 nitrogen and oxygen atoms in total. The van der Waals surface area contributed by atoms with Crippen molar-refractivity contribution in [3.8, 4) is 17.2 Å². The number of rotatable bonds is 7. The summed E-state index contributed by atoms with van der Waals surface area (Å²) >= 11 is 0. The molecule has 1 fully saturated rings. The Labute approximate surface area is 195 Å². The molecule has 0 unspecified atom stereocenters. The molecule has 34 heavy (non-hydrogen) atoms. The Bertz CT molecular complexity index is 1040. The number of pyridine rings is 1. The predicted molar refractivity (Wildman–Crippen MR) is 118 cm³/mol. The second-order valence-corrected chi connectivity index (χ2v) is 8.08. The van der Waals surface area contributed by atoms with E-state index < -0.39 is 12.3 Å². The molecule has 0 amide bonds. The van der Waals surface area contributed by atoms with E-state index in [0.29, 0.717) is 48.4 Å². The molecule has 2 aromatic rings. The van der Waals surface area contributed by atoms with Crippen LogP contribution in [0.25, 0.3) is 0 Å². The van der Waals surface area contributed by atoms with Crippen molar-refractivity contribution in [1.29, 1.82) is 0 Å². The minimum absolute atomic E-state index is 0.0740. The molecule has 0 bridgehead atoms. The Kier molecular flexibility index (Phi) is 8.01. The first kappa shape index (κ1) is 25.3. The zero-order valence-corrected chi connectivity index (χ0v) is 19.5. The maximum atomic E-state index is 12.3. The lowest BCUT2D eigenvalue weighted by Crippen LogP contribution is -2.24. The number of alkyl halides is 3. The van der Waals surface area contributed by atoms with Crippen LogP contribution < -0.4 is 14.2 Å². The van der Waals surface area contributed by atoms with Gasteiger partial charge in [-0.25, -0.2) is 0 Å². The van der Waals surface area contributed by atoms with Crippen LogP contribution in [0, 0.1) is 20.8 Å². The summed E-state index contributed by atoms with van der Waals surface area (Å²) in [6, 6.07) is 5.35. The summed E-state index contributed by atoms with van der Waals surface area (Å²) in [6.45, 7) is 6.99. The lowest BCUT2D eigenvalue weighted by Gasteiger charge is -2.24. The Hall–Kier alpha value is -3.30. The first-order chi connectivity index (χ1) is 16.0. The number of oxime groups is 1. The third-order valence-corrected chi connectivity index (χ3v) is 5.45. The second kappa shape index (κ2) is 10.8. The molecule has 184 valence electrons. The van der Waals surface area contributed by atoms with Crippen LogP contribution in [0.3, 0.4) is 0 Å². The molecule has 0 radical (unpaired) electrons. The first-order valence-corrected chi connectivity index (χ1v) is 10.9. The lowest BCUT2D eigenvalue weighted by molar-refractivity contribution is -0.274. The number of halogens is 3. The van der Waals surface area contributed by atoms with E-state index in [2.05, 4.69) is 14.9 Å². The van der Waals surface area contributed by atoms with Crippen molar-refractivity contribution in [2.24, 2.45) is 5.16 Å². The number of carbonyl (C=O) groups excluding carboxylic acids is 1. The summed E-state index contributed by atoms with van der Waals surface area (Å²) in [4.78, 5) is 21.6. The number of ether oxygens (including phenoxy) is 3. The number of aromatic nitrogens is 1. The minimum Gasteiger partial charge on any atom is -0.490 e. The second-order valence-electron chi connectivity index (χ2n) is 8.08. The average Bonchev–Trinajstić information content (AvgIpc) is 2.75. The van der Waals surface area contributed by atoms with Gasteiger partial charge in [0.25, 0.3) is 0 Å². The molecule has 1 aromatic carbocycles. The number of benzene rings is 1. The van der Waals surface area contributed by atoms with Gasteiger partial charge in [0.05, 0.1) is 17.4 Å². The largest absolute Gasteiger partial charge is 0.573 e. The molecule has 3 rings (SSSR count). The minimum atomic E-state index is -4.72. The van der Waals surface area contributed by atoms with Gasteiger partial charge in [0.15, 0.2) is 0 Å². The molecule has 1 aliphatic rings. The number of aryl methyl sites for hydroxylation is 2. The van der Waals surface area contributed by atoms with Gasteiger partial charge in [-0.1, -0.05) is 5.16 Å². The fourth-order valence-corrected chi connectivity index (χ4v) is 3.64. The number of nitrogens with zero attached hydrogens (tertiary/aromatic N) is 2. The van der Waals surface area contributed by atoms with Crippen molar-refractivity contribution in [2.75, 3.05) is 0 Å². The van der Waals surface area contributed by atoms with Gasteiger partial charge in [0.1, 0.15) is 23.9 Å². The highest BCUT2D eigenvalue weighted by molar-refractivity contribution is 5.84. The van der Waals surface area contributed by atoms with Gasteiger partial charge in [-0.15, -0.1) is 13.2 Å². The summed E-state index contributed by atoms with van der Waals surface area (Å²) in [5, 5.41) is 4.25. The molecular formula is C24H27F3N2O5. The maximum Gasteiger partial charge on any atom is 0.573 e. The molecule has 0 spiro atoms. The standard InChI is InChI=1S/C24H27F3N2O5/c1-14-15(2)28-16(3)22(23(14)32-17(4)30)13-31-29-18-5-7-19(8-6-18)33-20-9-11-21(12-10-20)34-24(25,26)27/h9-12,19H,5-8,13H2,1-4H3. The zero-order valence-electron chi connectivity index (χ0n) is 19.5. The fraction of sp³-hybridized carbons (Fsp3) is 0.458. The van der Waals surface area contributed by atoms with E-state index >= 15 is 0 Å². The van der Waals surface area contributed by atoms with Gasteiger partial charge < -0.3 is 19.0 Å². The normalized spacial score (nSPS) is 16.1. The summed E-state index contributed by atoms with van der Waals surface area (Å²) in [6.07, 6.45) is -2.06. The molecule has 0 aliphatic heterocycles. The molecule has 1 aliphatic carbocycles. The van der Waals surface area contributed by atoms with E-state index in [9.17, 15) is 18.0 Å². The maximum absolute atomic E-state index is 12.3. The summed E-state index contributed by atoms with van der Waals surface area (Å²) in [7, 11) is 0. The first-order valence-electron chi connectivity index (χ1n) is 10.9. The van der Waals surface area contributed by atoms with Crippen LogP contribution in [0.2, 0.25) is 0 Å².